The molecule has 0 aromatic heterocycles. The fourth-order valence-corrected chi connectivity index (χ4v) is 2.01. The van der Waals surface area contributed by atoms with Crippen LogP contribution < -0.4 is 10.6 Å². The maximum Gasteiger partial charge on any atom is 0.305 e. The highest BCUT2D eigenvalue weighted by molar-refractivity contribution is 5.69. The summed E-state index contributed by atoms with van der Waals surface area (Å²) >= 11 is 0. The van der Waals surface area contributed by atoms with Crippen molar-refractivity contribution < 1.29 is 9.53 Å². The molecule has 1 atom stereocenters. The Labute approximate surface area is 121 Å². The molecule has 4 nitrogen and oxygen atoms in total. The second kappa shape index (κ2) is 10.4. The Morgan fingerprint density at radius 2 is 2.00 bits per heavy atom. The molecule has 20 heavy (non-hydrogen) atoms. The van der Waals surface area contributed by atoms with E-state index in [0.717, 1.165) is 26.1 Å². The van der Waals surface area contributed by atoms with Gasteiger partial charge in [0.15, 0.2) is 0 Å². The molecule has 1 aliphatic heterocycles. The lowest BCUT2D eigenvalue weighted by Crippen LogP contribution is -2.42. The van der Waals surface area contributed by atoms with Crippen molar-refractivity contribution in [2.45, 2.75) is 32.7 Å². The van der Waals surface area contributed by atoms with Gasteiger partial charge in [-0.25, -0.2) is 0 Å². The average Bonchev–Trinajstić information content (AvgIpc) is 2.50. The average molecular weight is 278 g/mol. The molecule has 0 radical (unpaired) electrons. The molecule has 0 saturated carbocycles. The van der Waals surface area contributed by atoms with Gasteiger partial charge in [0.25, 0.3) is 0 Å². The molecule has 1 heterocycles. The van der Waals surface area contributed by atoms with Gasteiger partial charge in [-0.1, -0.05) is 37.3 Å². The number of carbonyl (C=O) groups excluding carboxylic acids is 1. The Kier molecular flexibility index (Phi) is 8.67. The van der Waals surface area contributed by atoms with Gasteiger partial charge in [0, 0.05) is 32.1 Å². The van der Waals surface area contributed by atoms with Crippen molar-refractivity contribution in [2.75, 3.05) is 26.2 Å². The monoisotopic (exact) mass is 278 g/mol. The fourth-order valence-electron chi connectivity index (χ4n) is 2.01. The molecule has 0 aliphatic carbocycles. The molecule has 1 aliphatic rings. The summed E-state index contributed by atoms with van der Waals surface area (Å²) in [5.74, 6) is -0.0880. The van der Waals surface area contributed by atoms with Crippen LogP contribution in [0.5, 0.6) is 0 Å². The van der Waals surface area contributed by atoms with Crippen molar-refractivity contribution in [1.29, 1.82) is 0 Å². The number of benzene rings is 1. The molecule has 0 bridgehead atoms. The lowest BCUT2D eigenvalue weighted by Gasteiger charge is -2.24. The Morgan fingerprint density at radius 1 is 1.25 bits per heavy atom. The van der Waals surface area contributed by atoms with E-state index in [1.54, 1.807) is 0 Å². The van der Waals surface area contributed by atoms with E-state index in [1.807, 2.05) is 13.8 Å². The molecule has 1 fully saturated rings. The highest BCUT2D eigenvalue weighted by Crippen LogP contribution is 2.12. The van der Waals surface area contributed by atoms with E-state index in [-0.39, 0.29) is 5.97 Å². The van der Waals surface area contributed by atoms with Crippen molar-refractivity contribution in [3.63, 3.8) is 0 Å². The third kappa shape index (κ3) is 6.68. The highest BCUT2D eigenvalue weighted by Gasteiger charge is 2.12. The van der Waals surface area contributed by atoms with E-state index in [2.05, 4.69) is 45.7 Å². The summed E-state index contributed by atoms with van der Waals surface area (Å²) in [6.07, 6.45) is 1.42. The summed E-state index contributed by atoms with van der Waals surface area (Å²) < 4.78 is 4.64. The molecule has 0 amide bonds. The summed E-state index contributed by atoms with van der Waals surface area (Å²) in [5, 5.41) is 6.84. The van der Waals surface area contributed by atoms with Crippen LogP contribution in [0, 0.1) is 0 Å². The van der Waals surface area contributed by atoms with Crippen LogP contribution in [0.3, 0.4) is 0 Å². The van der Waals surface area contributed by atoms with Gasteiger partial charge < -0.3 is 15.4 Å². The van der Waals surface area contributed by atoms with Crippen LogP contribution >= 0.6 is 0 Å². The standard InChI is InChI=1S/C10H14N2.C6H12O2/c1-2-4-9(5-3-1)10-8-11-6-7-12-10;1-3-5-6(7)8-4-2/h1-5,10-12H,6-8H2;3-5H2,1-2H3/t10-;/m0./s1. The first-order chi connectivity index (χ1) is 9.77. The minimum absolute atomic E-state index is 0.0880. The SMILES string of the molecule is CCCC(=O)OCC.c1ccc([C@@H]2CNCCN2)cc1. The summed E-state index contributed by atoms with van der Waals surface area (Å²) in [6, 6.07) is 11.1. The third-order valence-electron chi connectivity index (χ3n) is 3.00. The van der Waals surface area contributed by atoms with Crippen LogP contribution in [0.15, 0.2) is 30.3 Å². The van der Waals surface area contributed by atoms with Gasteiger partial charge in [-0.3, -0.25) is 4.79 Å². The second-order valence-electron chi connectivity index (χ2n) is 4.68. The van der Waals surface area contributed by atoms with Crippen LogP contribution in [0.1, 0.15) is 38.3 Å². The molecule has 1 aromatic rings. The molecule has 112 valence electrons. The first kappa shape index (κ1) is 16.7. The zero-order chi connectivity index (χ0) is 14.6. The number of nitrogens with one attached hydrogen (secondary N) is 2. The van der Waals surface area contributed by atoms with Crippen LogP contribution in [-0.4, -0.2) is 32.2 Å². The summed E-state index contributed by atoms with van der Waals surface area (Å²) in [5.41, 5.74) is 1.38. The zero-order valence-electron chi connectivity index (χ0n) is 12.5. The fraction of sp³-hybridized carbons (Fsp3) is 0.562. The minimum Gasteiger partial charge on any atom is -0.466 e. The summed E-state index contributed by atoms with van der Waals surface area (Å²) in [6.45, 7) is 7.47. The molecule has 0 spiro atoms. The van der Waals surface area contributed by atoms with E-state index in [0.29, 0.717) is 19.1 Å². The van der Waals surface area contributed by atoms with Gasteiger partial charge in [-0.2, -0.15) is 0 Å². The summed E-state index contributed by atoms with van der Waals surface area (Å²) in [4.78, 5) is 10.4. The molecule has 2 rings (SSSR count). The zero-order valence-corrected chi connectivity index (χ0v) is 12.5. The number of hydrogen-bond acceptors (Lipinski definition) is 4. The number of ether oxygens (including phenoxy) is 1. The largest absolute Gasteiger partial charge is 0.466 e. The van der Waals surface area contributed by atoms with Crippen molar-refractivity contribution in [3.8, 4) is 0 Å². The third-order valence-corrected chi connectivity index (χ3v) is 3.00. The normalized spacial score (nSPS) is 17.8. The lowest BCUT2D eigenvalue weighted by molar-refractivity contribution is -0.143. The molecular formula is C16H26N2O2. The van der Waals surface area contributed by atoms with Crippen molar-refractivity contribution >= 4 is 5.97 Å². The van der Waals surface area contributed by atoms with E-state index in [9.17, 15) is 4.79 Å². The van der Waals surface area contributed by atoms with E-state index < -0.39 is 0 Å². The maximum atomic E-state index is 10.4. The Morgan fingerprint density at radius 3 is 2.55 bits per heavy atom. The van der Waals surface area contributed by atoms with Crippen LogP contribution in [0.4, 0.5) is 0 Å². The Bertz CT molecular complexity index is 354. The van der Waals surface area contributed by atoms with Crippen LogP contribution in [0.2, 0.25) is 0 Å². The topological polar surface area (TPSA) is 50.4 Å². The first-order valence-corrected chi connectivity index (χ1v) is 7.42. The van der Waals surface area contributed by atoms with E-state index in [1.165, 1.54) is 5.56 Å². The Hall–Kier alpha value is -1.39. The predicted octanol–water partition coefficient (Wildman–Crippen LogP) is 2.27. The van der Waals surface area contributed by atoms with E-state index >= 15 is 0 Å². The molecule has 4 heteroatoms. The van der Waals surface area contributed by atoms with Gasteiger partial charge in [-0.05, 0) is 18.9 Å². The lowest BCUT2D eigenvalue weighted by atomic mass is 10.1. The van der Waals surface area contributed by atoms with Gasteiger partial charge >= 0.3 is 5.97 Å². The summed E-state index contributed by atoms with van der Waals surface area (Å²) in [7, 11) is 0. The molecule has 1 saturated heterocycles. The van der Waals surface area contributed by atoms with Crippen molar-refractivity contribution in [3.05, 3.63) is 35.9 Å². The van der Waals surface area contributed by atoms with Crippen molar-refractivity contribution in [2.24, 2.45) is 0 Å². The second-order valence-corrected chi connectivity index (χ2v) is 4.68. The maximum absolute atomic E-state index is 10.4. The highest BCUT2D eigenvalue weighted by atomic mass is 16.5. The number of carbonyl (C=O) groups is 1. The van der Waals surface area contributed by atoms with Crippen LogP contribution in [-0.2, 0) is 9.53 Å². The van der Waals surface area contributed by atoms with E-state index in [4.69, 9.17) is 0 Å². The first-order valence-electron chi connectivity index (χ1n) is 7.42. The quantitative estimate of drug-likeness (QED) is 0.830. The number of hydrogen-bond donors (Lipinski definition) is 2. The Balaban J connectivity index is 0.000000221. The van der Waals surface area contributed by atoms with Gasteiger partial charge in [0.05, 0.1) is 6.61 Å². The molecular weight excluding hydrogens is 252 g/mol. The predicted molar refractivity (Wildman–Crippen MR) is 81.6 cm³/mol. The number of piperazine rings is 1. The number of esters is 1. The van der Waals surface area contributed by atoms with Gasteiger partial charge in [-0.15, -0.1) is 0 Å². The van der Waals surface area contributed by atoms with Gasteiger partial charge in [0.1, 0.15) is 0 Å². The molecule has 2 N–H and O–H groups in total. The molecule has 1 aromatic carbocycles. The minimum atomic E-state index is -0.0880. The van der Waals surface area contributed by atoms with Crippen molar-refractivity contribution in [1.82, 2.24) is 10.6 Å². The van der Waals surface area contributed by atoms with Gasteiger partial charge in [0.2, 0.25) is 0 Å². The number of rotatable bonds is 4. The van der Waals surface area contributed by atoms with Crippen LogP contribution in [0.25, 0.3) is 0 Å². The smallest absolute Gasteiger partial charge is 0.305 e. The molecule has 0 unspecified atom stereocenters.